The number of rotatable bonds is 6. The van der Waals surface area contributed by atoms with E-state index in [0.717, 1.165) is 6.04 Å². The first kappa shape index (κ1) is 14.3. The Balaban J connectivity index is 2.30. The van der Waals surface area contributed by atoms with E-state index >= 15 is 0 Å². The number of hydrogen-bond acceptors (Lipinski definition) is 3. The van der Waals surface area contributed by atoms with Crippen LogP contribution in [0.15, 0.2) is 0 Å². The highest BCUT2D eigenvalue weighted by Gasteiger charge is 2.18. The molecular weight excluding hydrogens is 216 g/mol. The van der Waals surface area contributed by atoms with Gasteiger partial charge in [-0.15, -0.1) is 0 Å². The predicted molar refractivity (Wildman–Crippen MR) is 75.3 cm³/mol. The normalized spacial score (nSPS) is 25.3. The van der Waals surface area contributed by atoms with E-state index in [9.17, 15) is 0 Å². The number of likely N-dealkylation sites (tertiary alicyclic amines) is 1. The van der Waals surface area contributed by atoms with Crippen molar-refractivity contribution in [2.24, 2.45) is 0 Å². The first-order valence-corrected chi connectivity index (χ1v) is 8.16. The van der Waals surface area contributed by atoms with Crippen molar-refractivity contribution in [1.29, 1.82) is 0 Å². The van der Waals surface area contributed by atoms with Crippen LogP contribution in [0.1, 0.15) is 39.5 Å². The molecule has 2 atom stereocenters. The van der Waals surface area contributed by atoms with Crippen LogP contribution in [0.25, 0.3) is 0 Å². The van der Waals surface area contributed by atoms with Gasteiger partial charge in [0.05, 0.1) is 0 Å². The lowest BCUT2D eigenvalue weighted by Crippen LogP contribution is -2.40. The summed E-state index contributed by atoms with van der Waals surface area (Å²) in [5.41, 5.74) is 0. The first-order valence-electron chi connectivity index (χ1n) is 6.77. The van der Waals surface area contributed by atoms with Crippen molar-refractivity contribution in [2.45, 2.75) is 51.6 Å². The summed E-state index contributed by atoms with van der Waals surface area (Å²) in [4.78, 5) is 2.58. The van der Waals surface area contributed by atoms with Crippen LogP contribution in [0, 0.1) is 0 Å². The van der Waals surface area contributed by atoms with Gasteiger partial charge in [0.25, 0.3) is 0 Å². The number of hydrogen-bond donors (Lipinski definition) is 1. The van der Waals surface area contributed by atoms with E-state index in [-0.39, 0.29) is 0 Å². The van der Waals surface area contributed by atoms with Crippen LogP contribution in [0.2, 0.25) is 0 Å². The summed E-state index contributed by atoms with van der Waals surface area (Å²) in [6, 6.07) is 1.47. The summed E-state index contributed by atoms with van der Waals surface area (Å²) in [7, 11) is 0. The Morgan fingerprint density at radius 3 is 2.75 bits per heavy atom. The van der Waals surface area contributed by atoms with Gasteiger partial charge < -0.3 is 10.2 Å². The van der Waals surface area contributed by atoms with Crippen LogP contribution < -0.4 is 5.32 Å². The fourth-order valence-electron chi connectivity index (χ4n) is 2.46. The largest absolute Gasteiger partial charge is 0.310 e. The fourth-order valence-corrected chi connectivity index (χ4v) is 3.19. The molecule has 0 spiro atoms. The van der Waals surface area contributed by atoms with Gasteiger partial charge in [-0.3, -0.25) is 0 Å². The minimum absolute atomic E-state index is 0.716. The van der Waals surface area contributed by atoms with Crippen LogP contribution in [0.4, 0.5) is 0 Å². The van der Waals surface area contributed by atoms with E-state index in [1.807, 2.05) is 11.8 Å². The fraction of sp³-hybridized carbons (Fsp3) is 1.00. The summed E-state index contributed by atoms with van der Waals surface area (Å²) in [5.74, 6) is 1.25. The Kier molecular flexibility index (Phi) is 7.50. The Hall–Kier alpha value is 0.270. The zero-order valence-electron chi connectivity index (χ0n) is 11.2. The molecule has 1 N–H and O–H groups in total. The summed E-state index contributed by atoms with van der Waals surface area (Å²) < 4.78 is 0. The van der Waals surface area contributed by atoms with Gasteiger partial charge in [-0.2, -0.15) is 11.8 Å². The zero-order valence-corrected chi connectivity index (χ0v) is 12.0. The zero-order chi connectivity index (χ0) is 11.8. The molecule has 1 fully saturated rings. The van der Waals surface area contributed by atoms with Crippen LogP contribution in [-0.4, -0.2) is 48.6 Å². The molecule has 0 amide bonds. The van der Waals surface area contributed by atoms with Gasteiger partial charge >= 0.3 is 0 Å². The molecule has 0 saturated carbocycles. The van der Waals surface area contributed by atoms with Gasteiger partial charge in [0.1, 0.15) is 0 Å². The number of nitrogens with one attached hydrogen (secondary N) is 1. The maximum Gasteiger partial charge on any atom is 0.0158 e. The van der Waals surface area contributed by atoms with E-state index in [1.165, 1.54) is 51.1 Å². The predicted octanol–water partition coefficient (Wildman–Crippen LogP) is 2.59. The molecule has 1 aliphatic rings. The smallest absolute Gasteiger partial charge is 0.0158 e. The molecule has 0 bridgehead atoms. The lowest BCUT2D eigenvalue weighted by atomic mass is 10.1. The summed E-state index contributed by atoms with van der Waals surface area (Å²) >= 11 is 1.96. The Morgan fingerprint density at radius 1 is 1.31 bits per heavy atom. The molecular formula is C13H28N2S. The minimum Gasteiger partial charge on any atom is -0.310 e. The van der Waals surface area contributed by atoms with Crippen LogP contribution in [0.3, 0.4) is 0 Å². The molecule has 0 aromatic carbocycles. The molecule has 0 radical (unpaired) electrons. The van der Waals surface area contributed by atoms with Gasteiger partial charge in [-0.05, 0) is 51.6 Å². The third-order valence-electron chi connectivity index (χ3n) is 3.60. The van der Waals surface area contributed by atoms with Crippen molar-refractivity contribution in [3.63, 3.8) is 0 Å². The van der Waals surface area contributed by atoms with Crippen molar-refractivity contribution in [3.8, 4) is 0 Å². The Labute approximate surface area is 106 Å². The minimum atomic E-state index is 0.716. The molecule has 96 valence electrons. The summed E-state index contributed by atoms with van der Waals surface area (Å²) in [5, 5.41) is 3.84. The summed E-state index contributed by atoms with van der Waals surface area (Å²) in [6.45, 7) is 8.37. The molecule has 0 aliphatic carbocycles. The molecule has 1 aliphatic heterocycles. The number of nitrogens with zero attached hydrogens (tertiary/aromatic N) is 1. The van der Waals surface area contributed by atoms with Crippen molar-refractivity contribution >= 4 is 11.8 Å². The van der Waals surface area contributed by atoms with E-state index < -0.39 is 0 Å². The van der Waals surface area contributed by atoms with Gasteiger partial charge in [-0.25, -0.2) is 0 Å². The van der Waals surface area contributed by atoms with Crippen LogP contribution in [0.5, 0.6) is 0 Å². The molecule has 2 unspecified atom stereocenters. The summed E-state index contributed by atoms with van der Waals surface area (Å²) in [6.07, 6.45) is 7.52. The molecule has 2 nitrogen and oxygen atoms in total. The quantitative estimate of drug-likeness (QED) is 0.773. The molecule has 3 heteroatoms. The first-order chi connectivity index (χ1) is 7.80. The molecule has 1 rings (SSSR count). The topological polar surface area (TPSA) is 15.3 Å². The standard InChI is InChI=1S/C13H28N2S/c1-4-12(11-16-3)14-13-7-6-9-15(5-2)10-8-13/h12-14H,4-11H2,1-3H3. The average molecular weight is 244 g/mol. The van der Waals surface area contributed by atoms with Crippen molar-refractivity contribution < 1.29 is 0 Å². The SMILES string of the molecule is CCC(CSC)NC1CCCN(CC)CC1. The van der Waals surface area contributed by atoms with Gasteiger partial charge in [0.2, 0.25) is 0 Å². The van der Waals surface area contributed by atoms with Crippen LogP contribution in [-0.2, 0) is 0 Å². The highest BCUT2D eigenvalue weighted by molar-refractivity contribution is 7.98. The van der Waals surface area contributed by atoms with Crippen molar-refractivity contribution in [2.75, 3.05) is 31.6 Å². The maximum atomic E-state index is 3.84. The van der Waals surface area contributed by atoms with Crippen LogP contribution >= 0.6 is 11.8 Å². The highest BCUT2D eigenvalue weighted by atomic mass is 32.2. The van der Waals surface area contributed by atoms with E-state index in [1.54, 1.807) is 0 Å². The lowest BCUT2D eigenvalue weighted by Gasteiger charge is -2.23. The molecule has 0 aromatic heterocycles. The molecule has 1 heterocycles. The third-order valence-corrected chi connectivity index (χ3v) is 4.34. The lowest BCUT2D eigenvalue weighted by molar-refractivity contribution is 0.295. The van der Waals surface area contributed by atoms with E-state index in [2.05, 4.69) is 30.3 Å². The second kappa shape index (κ2) is 8.37. The van der Waals surface area contributed by atoms with Gasteiger partial charge in [-0.1, -0.05) is 13.8 Å². The highest BCUT2D eigenvalue weighted by Crippen LogP contribution is 2.13. The molecule has 16 heavy (non-hydrogen) atoms. The van der Waals surface area contributed by atoms with Crippen molar-refractivity contribution in [3.05, 3.63) is 0 Å². The average Bonchev–Trinajstić information content (AvgIpc) is 2.53. The van der Waals surface area contributed by atoms with E-state index in [4.69, 9.17) is 0 Å². The van der Waals surface area contributed by atoms with Gasteiger partial charge in [0, 0.05) is 17.8 Å². The van der Waals surface area contributed by atoms with Gasteiger partial charge in [0.15, 0.2) is 0 Å². The van der Waals surface area contributed by atoms with Crippen molar-refractivity contribution in [1.82, 2.24) is 10.2 Å². The second-order valence-electron chi connectivity index (χ2n) is 4.79. The third kappa shape index (κ3) is 5.07. The monoisotopic (exact) mass is 244 g/mol. The molecule has 0 aromatic rings. The van der Waals surface area contributed by atoms with E-state index in [0.29, 0.717) is 6.04 Å². The number of thioether (sulfide) groups is 1. The molecule has 1 saturated heterocycles. The maximum absolute atomic E-state index is 3.84. The Morgan fingerprint density at radius 2 is 2.12 bits per heavy atom. The Bertz CT molecular complexity index is 175. The second-order valence-corrected chi connectivity index (χ2v) is 5.70.